The van der Waals surface area contributed by atoms with Gasteiger partial charge in [0.05, 0.1) is 6.04 Å². The molecule has 0 radical (unpaired) electrons. The topological polar surface area (TPSA) is 29.1 Å². The normalized spacial score (nSPS) is 14.7. The predicted molar refractivity (Wildman–Crippen MR) is 70.5 cm³/mol. The molecule has 0 aromatic rings. The minimum absolute atomic E-state index is 0.0115. The van der Waals surface area contributed by atoms with Crippen LogP contribution in [0.3, 0.4) is 0 Å². The van der Waals surface area contributed by atoms with E-state index in [1.165, 1.54) is 11.1 Å². The van der Waals surface area contributed by atoms with Gasteiger partial charge in [0.2, 0.25) is 0 Å². The van der Waals surface area contributed by atoms with E-state index in [0.717, 1.165) is 25.5 Å². The molecule has 1 N–H and O–H groups in total. The maximum atomic E-state index is 10.6. The lowest BCUT2D eigenvalue weighted by Crippen LogP contribution is -2.26. The summed E-state index contributed by atoms with van der Waals surface area (Å²) >= 11 is 0. The Balaban J connectivity index is 4.08. The van der Waals surface area contributed by atoms with Crippen molar-refractivity contribution in [1.29, 1.82) is 0 Å². The monoisotopic (exact) mass is 221 g/mol. The molecule has 0 bridgehead atoms. The highest BCUT2D eigenvalue weighted by Gasteiger charge is 2.03. The van der Waals surface area contributed by atoms with Gasteiger partial charge in [-0.2, -0.15) is 0 Å². The van der Waals surface area contributed by atoms with E-state index >= 15 is 0 Å². The first kappa shape index (κ1) is 14.8. The molecule has 0 saturated heterocycles. The summed E-state index contributed by atoms with van der Waals surface area (Å²) in [7, 11) is 1.82. The van der Waals surface area contributed by atoms with Crippen molar-refractivity contribution < 1.29 is 4.79 Å². The Morgan fingerprint density at radius 2 is 2.19 bits per heavy atom. The van der Waals surface area contributed by atoms with Gasteiger partial charge < -0.3 is 10.1 Å². The first-order chi connectivity index (χ1) is 7.67. The van der Waals surface area contributed by atoms with E-state index in [1.54, 1.807) is 0 Å². The third-order valence-electron chi connectivity index (χ3n) is 2.62. The van der Waals surface area contributed by atoms with E-state index in [1.807, 2.05) is 27.0 Å². The quantitative estimate of drug-likeness (QED) is 0.504. The Hall–Kier alpha value is -1.15. The number of likely N-dealkylation sites (N-methyl/N-ethyl adjacent to an activating group) is 1. The van der Waals surface area contributed by atoms with Crippen LogP contribution in [0.25, 0.3) is 0 Å². The smallest absolute Gasteiger partial charge is 0.136 e. The van der Waals surface area contributed by atoms with Crippen LogP contribution in [-0.4, -0.2) is 19.4 Å². The van der Waals surface area contributed by atoms with Gasteiger partial charge in [0.1, 0.15) is 6.29 Å². The van der Waals surface area contributed by atoms with Gasteiger partial charge in [-0.15, -0.1) is 0 Å². The molecule has 1 unspecified atom stereocenters. The van der Waals surface area contributed by atoms with Gasteiger partial charge in [-0.25, -0.2) is 0 Å². The summed E-state index contributed by atoms with van der Waals surface area (Å²) in [5, 5.41) is 2.98. The number of nitrogens with one attached hydrogen (secondary N) is 1. The molecule has 0 fully saturated rings. The van der Waals surface area contributed by atoms with Crippen LogP contribution < -0.4 is 5.32 Å². The number of carbonyl (C=O) groups is 1. The molecule has 2 nitrogen and oxygen atoms in total. The van der Waals surface area contributed by atoms with E-state index in [9.17, 15) is 4.79 Å². The molecule has 0 aromatic carbocycles. The van der Waals surface area contributed by atoms with Crippen LogP contribution in [0.15, 0.2) is 36.0 Å². The molecule has 0 aliphatic carbocycles. The van der Waals surface area contributed by atoms with Crippen LogP contribution in [0.2, 0.25) is 0 Å². The fourth-order valence-electron chi connectivity index (χ4n) is 1.46. The second-order valence-corrected chi connectivity index (χ2v) is 3.88. The highest BCUT2D eigenvalue weighted by Crippen LogP contribution is 2.12. The van der Waals surface area contributed by atoms with Gasteiger partial charge in [0, 0.05) is 0 Å². The lowest BCUT2D eigenvalue weighted by Gasteiger charge is -2.08. The van der Waals surface area contributed by atoms with E-state index in [2.05, 4.69) is 24.0 Å². The number of carbonyl (C=O) groups excluding carboxylic acids is 1. The zero-order chi connectivity index (χ0) is 12.4. The van der Waals surface area contributed by atoms with Crippen molar-refractivity contribution in [2.45, 2.75) is 39.2 Å². The number of allylic oxidation sites excluding steroid dienone is 5. The minimum Gasteiger partial charge on any atom is -0.311 e. The van der Waals surface area contributed by atoms with Crippen molar-refractivity contribution in [3.8, 4) is 0 Å². The van der Waals surface area contributed by atoms with Gasteiger partial charge in [-0.1, -0.05) is 36.0 Å². The Kier molecular flexibility index (Phi) is 8.45. The van der Waals surface area contributed by atoms with E-state index < -0.39 is 0 Å². The number of rotatable bonds is 8. The summed E-state index contributed by atoms with van der Waals surface area (Å²) in [6, 6.07) is -0.0115. The summed E-state index contributed by atoms with van der Waals surface area (Å²) in [5.74, 6) is 0. The molecular formula is C14H23NO. The molecule has 0 saturated carbocycles. The average molecular weight is 221 g/mol. The largest absolute Gasteiger partial charge is 0.311 e. The third-order valence-corrected chi connectivity index (χ3v) is 2.62. The first-order valence-electron chi connectivity index (χ1n) is 5.76. The maximum Gasteiger partial charge on any atom is 0.136 e. The second-order valence-electron chi connectivity index (χ2n) is 3.88. The molecule has 0 aromatic heterocycles. The predicted octanol–water partition coefficient (Wildman–Crippen LogP) is 3.02. The molecular weight excluding hydrogens is 198 g/mol. The standard InChI is InChI=1S/C14H23NO/c1-5-12(3)10-13(6-2)8-7-9-14(11-16)15-4/h5-6,10-11,14-15H,1,7-9H2,2-4H3/b12-10-,13-6-. The molecule has 0 aliphatic rings. The van der Waals surface area contributed by atoms with Gasteiger partial charge in [-0.3, -0.25) is 0 Å². The van der Waals surface area contributed by atoms with Crippen LogP contribution in [-0.2, 0) is 4.79 Å². The molecule has 1 atom stereocenters. The Morgan fingerprint density at radius 1 is 1.50 bits per heavy atom. The fourth-order valence-corrected chi connectivity index (χ4v) is 1.46. The zero-order valence-corrected chi connectivity index (χ0v) is 10.6. The summed E-state index contributed by atoms with van der Waals surface area (Å²) in [4.78, 5) is 10.6. The zero-order valence-electron chi connectivity index (χ0n) is 10.6. The Morgan fingerprint density at radius 3 is 2.62 bits per heavy atom. The van der Waals surface area contributed by atoms with Crippen molar-refractivity contribution in [1.82, 2.24) is 5.32 Å². The molecule has 0 rings (SSSR count). The van der Waals surface area contributed by atoms with Crippen molar-refractivity contribution >= 4 is 6.29 Å². The molecule has 0 amide bonds. The van der Waals surface area contributed by atoms with Crippen LogP contribution in [0.4, 0.5) is 0 Å². The number of hydrogen-bond acceptors (Lipinski definition) is 2. The number of hydrogen-bond donors (Lipinski definition) is 1. The van der Waals surface area contributed by atoms with E-state index in [4.69, 9.17) is 0 Å². The highest BCUT2D eigenvalue weighted by molar-refractivity contribution is 5.57. The van der Waals surface area contributed by atoms with Crippen LogP contribution >= 0.6 is 0 Å². The lowest BCUT2D eigenvalue weighted by molar-refractivity contribution is -0.109. The summed E-state index contributed by atoms with van der Waals surface area (Å²) < 4.78 is 0. The molecule has 2 heteroatoms. The van der Waals surface area contributed by atoms with E-state index in [0.29, 0.717) is 0 Å². The summed E-state index contributed by atoms with van der Waals surface area (Å²) in [6.45, 7) is 7.81. The van der Waals surface area contributed by atoms with Gasteiger partial charge in [0.25, 0.3) is 0 Å². The lowest BCUT2D eigenvalue weighted by atomic mass is 10.0. The third kappa shape index (κ3) is 6.36. The van der Waals surface area contributed by atoms with Crippen molar-refractivity contribution in [3.63, 3.8) is 0 Å². The van der Waals surface area contributed by atoms with Crippen LogP contribution in [0.5, 0.6) is 0 Å². The maximum absolute atomic E-state index is 10.6. The van der Waals surface area contributed by atoms with Gasteiger partial charge >= 0.3 is 0 Å². The molecule has 90 valence electrons. The Labute approximate surface area is 99.1 Å². The molecule has 16 heavy (non-hydrogen) atoms. The van der Waals surface area contributed by atoms with Crippen LogP contribution in [0, 0.1) is 0 Å². The minimum atomic E-state index is -0.0115. The highest BCUT2D eigenvalue weighted by atomic mass is 16.1. The van der Waals surface area contributed by atoms with Gasteiger partial charge in [-0.05, 0) is 40.2 Å². The van der Waals surface area contributed by atoms with Crippen molar-refractivity contribution in [2.75, 3.05) is 7.05 Å². The van der Waals surface area contributed by atoms with Crippen LogP contribution in [0.1, 0.15) is 33.1 Å². The molecule has 0 heterocycles. The van der Waals surface area contributed by atoms with Crippen molar-refractivity contribution in [3.05, 3.63) is 36.0 Å². The second kappa shape index (κ2) is 9.10. The molecule has 0 aliphatic heterocycles. The van der Waals surface area contributed by atoms with Crippen molar-refractivity contribution in [2.24, 2.45) is 0 Å². The van der Waals surface area contributed by atoms with Gasteiger partial charge in [0.15, 0.2) is 0 Å². The number of aldehydes is 1. The average Bonchev–Trinajstić information content (AvgIpc) is 2.32. The fraction of sp³-hybridized carbons (Fsp3) is 0.500. The molecule has 0 spiro atoms. The SMILES string of the molecule is C=C/C(C)=C\C(=C/C)CCCC(C=O)NC. The van der Waals surface area contributed by atoms with E-state index in [-0.39, 0.29) is 6.04 Å². The summed E-state index contributed by atoms with van der Waals surface area (Å²) in [5.41, 5.74) is 2.48. The first-order valence-corrected chi connectivity index (χ1v) is 5.76. The summed E-state index contributed by atoms with van der Waals surface area (Å²) in [6.07, 6.45) is 9.99. The Bertz CT molecular complexity index is 276.